The largest absolute Gasteiger partial charge is 0.508 e. The van der Waals surface area contributed by atoms with Crippen LogP contribution in [0, 0.1) is 0 Å². The van der Waals surface area contributed by atoms with E-state index in [4.69, 9.17) is 0 Å². The van der Waals surface area contributed by atoms with E-state index in [2.05, 4.69) is 5.32 Å². The topological polar surface area (TPSA) is 52.6 Å². The molecule has 1 aliphatic heterocycles. The third-order valence-electron chi connectivity index (χ3n) is 2.66. The van der Waals surface area contributed by atoms with Gasteiger partial charge in [0.1, 0.15) is 5.75 Å². The summed E-state index contributed by atoms with van der Waals surface area (Å²) in [5.74, 6) is 0.192. The number of aromatic hydroxyl groups is 1. The first-order valence-corrected chi connectivity index (χ1v) is 5.28. The van der Waals surface area contributed by atoms with Crippen LogP contribution in [0.4, 0.5) is 11.4 Å². The number of amides is 1. The van der Waals surface area contributed by atoms with Crippen molar-refractivity contribution in [1.29, 1.82) is 0 Å². The van der Waals surface area contributed by atoms with Gasteiger partial charge in [0.05, 0.1) is 17.9 Å². The second kappa shape index (κ2) is 3.40. The van der Waals surface area contributed by atoms with Crippen LogP contribution in [-0.2, 0) is 4.79 Å². The molecule has 0 radical (unpaired) electrons. The van der Waals surface area contributed by atoms with E-state index in [1.165, 1.54) is 0 Å². The summed E-state index contributed by atoms with van der Waals surface area (Å²) in [5, 5.41) is 12.3. The Bertz CT molecular complexity index is 435. The van der Waals surface area contributed by atoms with E-state index in [1.54, 1.807) is 18.2 Å². The molecule has 86 valence electrons. The molecule has 16 heavy (non-hydrogen) atoms. The van der Waals surface area contributed by atoms with E-state index in [-0.39, 0.29) is 17.2 Å². The van der Waals surface area contributed by atoms with E-state index in [1.807, 2.05) is 25.7 Å². The van der Waals surface area contributed by atoms with Crippen molar-refractivity contribution in [1.82, 2.24) is 0 Å². The van der Waals surface area contributed by atoms with Crippen LogP contribution < -0.4 is 10.2 Å². The van der Waals surface area contributed by atoms with Crippen LogP contribution in [0.2, 0.25) is 0 Å². The molecular formula is C12H16N2O2. The van der Waals surface area contributed by atoms with Gasteiger partial charge in [-0.25, -0.2) is 0 Å². The number of hydrogen-bond acceptors (Lipinski definition) is 3. The van der Waals surface area contributed by atoms with Gasteiger partial charge in [0.25, 0.3) is 0 Å². The summed E-state index contributed by atoms with van der Waals surface area (Å²) in [5.41, 5.74) is 1.47. The zero-order chi connectivity index (χ0) is 11.9. The molecule has 0 saturated carbocycles. The Morgan fingerprint density at radius 3 is 2.69 bits per heavy atom. The Balaban J connectivity index is 2.52. The average Bonchev–Trinajstić information content (AvgIpc) is 2.16. The van der Waals surface area contributed by atoms with E-state index in [0.717, 1.165) is 11.4 Å². The molecule has 0 atom stereocenters. The maximum absolute atomic E-state index is 11.6. The Morgan fingerprint density at radius 2 is 2.06 bits per heavy atom. The Kier molecular flexibility index (Phi) is 2.30. The van der Waals surface area contributed by atoms with Crippen molar-refractivity contribution >= 4 is 17.3 Å². The van der Waals surface area contributed by atoms with Crippen molar-refractivity contribution in [2.75, 3.05) is 16.8 Å². The molecular weight excluding hydrogens is 204 g/mol. The van der Waals surface area contributed by atoms with Crippen molar-refractivity contribution in [3.63, 3.8) is 0 Å². The van der Waals surface area contributed by atoms with Gasteiger partial charge in [-0.05, 0) is 32.9 Å². The number of fused-ring (bicyclic) bond motifs is 1. The number of benzene rings is 1. The molecule has 2 rings (SSSR count). The lowest BCUT2D eigenvalue weighted by Gasteiger charge is -2.40. The zero-order valence-corrected chi connectivity index (χ0v) is 9.74. The van der Waals surface area contributed by atoms with Crippen molar-refractivity contribution < 1.29 is 9.90 Å². The van der Waals surface area contributed by atoms with Gasteiger partial charge in [0, 0.05) is 11.6 Å². The Morgan fingerprint density at radius 1 is 1.38 bits per heavy atom. The van der Waals surface area contributed by atoms with Gasteiger partial charge >= 0.3 is 0 Å². The third kappa shape index (κ3) is 1.83. The molecule has 0 saturated heterocycles. The third-order valence-corrected chi connectivity index (χ3v) is 2.66. The summed E-state index contributed by atoms with van der Waals surface area (Å²) in [4.78, 5) is 13.5. The molecule has 1 aromatic carbocycles. The SMILES string of the molecule is CC(C)(C)N1CC(=O)Nc2ccc(O)cc21. The first-order chi connectivity index (χ1) is 7.38. The molecule has 4 nitrogen and oxygen atoms in total. The molecule has 0 fully saturated rings. The number of carbonyl (C=O) groups is 1. The van der Waals surface area contributed by atoms with E-state index in [0.29, 0.717) is 6.54 Å². The maximum Gasteiger partial charge on any atom is 0.243 e. The maximum atomic E-state index is 11.6. The predicted octanol–water partition coefficient (Wildman–Crippen LogP) is 1.95. The molecule has 0 aliphatic carbocycles. The van der Waals surface area contributed by atoms with Gasteiger partial charge in [-0.15, -0.1) is 0 Å². The number of phenolic OH excluding ortho intramolecular Hbond substituents is 1. The first-order valence-electron chi connectivity index (χ1n) is 5.28. The highest BCUT2D eigenvalue weighted by Gasteiger charge is 2.30. The van der Waals surface area contributed by atoms with Crippen LogP contribution >= 0.6 is 0 Å². The van der Waals surface area contributed by atoms with Gasteiger partial charge in [0.2, 0.25) is 5.91 Å². The minimum Gasteiger partial charge on any atom is -0.508 e. The zero-order valence-electron chi connectivity index (χ0n) is 9.74. The fraction of sp³-hybridized carbons (Fsp3) is 0.417. The summed E-state index contributed by atoms with van der Waals surface area (Å²) in [7, 11) is 0. The normalized spacial score (nSPS) is 15.7. The van der Waals surface area contributed by atoms with Crippen molar-refractivity contribution in [3.8, 4) is 5.75 Å². The predicted molar refractivity (Wildman–Crippen MR) is 63.8 cm³/mol. The van der Waals surface area contributed by atoms with Crippen LogP contribution in [0.5, 0.6) is 5.75 Å². The van der Waals surface area contributed by atoms with Gasteiger partial charge in [-0.3, -0.25) is 4.79 Å². The first kappa shape index (κ1) is 10.8. The number of rotatable bonds is 0. The minimum atomic E-state index is -0.152. The molecule has 0 aromatic heterocycles. The molecule has 1 aliphatic rings. The smallest absolute Gasteiger partial charge is 0.243 e. The van der Waals surface area contributed by atoms with Crippen molar-refractivity contribution in [2.24, 2.45) is 0 Å². The average molecular weight is 220 g/mol. The molecule has 1 heterocycles. The van der Waals surface area contributed by atoms with Crippen LogP contribution in [0.3, 0.4) is 0 Å². The quantitative estimate of drug-likeness (QED) is 0.657. The standard InChI is InChI=1S/C12H16N2O2/c1-12(2,3)14-7-11(16)13-9-5-4-8(15)6-10(9)14/h4-6,15H,7H2,1-3H3,(H,13,16). The van der Waals surface area contributed by atoms with Crippen molar-refractivity contribution in [2.45, 2.75) is 26.3 Å². The number of carbonyl (C=O) groups excluding carboxylic acids is 1. The van der Waals surface area contributed by atoms with Crippen LogP contribution in [0.25, 0.3) is 0 Å². The van der Waals surface area contributed by atoms with E-state index < -0.39 is 0 Å². The van der Waals surface area contributed by atoms with E-state index >= 15 is 0 Å². The summed E-state index contributed by atoms with van der Waals surface area (Å²) in [6.45, 7) is 6.44. The fourth-order valence-corrected chi connectivity index (χ4v) is 1.87. The van der Waals surface area contributed by atoms with Gasteiger partial charge in [-0.2, -0.15) is 0 Å². The highest BCUT2D eigenvalue weighted by molar-refractivity contribution is 6.01. The second-order valence-corrected chi connectivity index (χ2v) is 5.01. The van der Waals surface area contributed by atoms with Crippen molar-refractivity contribution in [3.05, 3.63) is 18.2 Å². The number of hydrogen-bond donors (Lipinski definition) is 2. The Hall–Kier alpha value is -1.71. The minimum absolute atomic E-state index is 0.0203. The molecule has 1 aromatic rings. The van der Waals surface area contributed by atoms with Crippen LogP contribution in [0.15, 0.2) is 18.2 Å². The highest BCUT2D eigenvalue weighted by atomic mass is 16.3. The lowest BCUT2D eigenvalue weighted by Crippen LogP contribution is -2.48. The lowest BCUT2D eigenvalue weighted by molar-refractivity contribution is -0.115. The van der Waals surface area contributed by atoms with Gasteiger partial charge in [0.15, 0.2) is 0 Å². The summed E-state index contributed by atoms with van der Waals surface area (Å²) in [6, 6.07) is 4.98. The molecule has 2 N–H and O–H groups in total. The molecule has 4 heteroatoms. The molecule has 1 amide bonds. The number of anilines is 2. The summed E-state index contributed by atoms with van der Waals surface area (Å²) >= 11 is 0. The molecule has 0 unspecified atom stereocenters. The second-order valence-electron chi connectivity index (χ2n) is 5.01. The van der Waals surface area contributed by atoms with E-state index in [9.17, 15) is 9.90 Å². The number of phenols is 1. The number of nitrogens with zero attached hydrogens (tertiary/aromatic N) is 1. The van der Waals surface area contributed by atoms with Gasteiger partial charge < -0.3 is 15.3 Å². The van der Waals surface area contributed by atoms with Crippen LogP contribution in [0.1, 0.15) is 20.8 Å². The summed E-state index contributed by atoms with van der Waals surface area (Å²) < 4.78 is 0. The highest BCUT2D eigenvalue weighted by Crippen LogP contribution is 2.36. The van der Waals surface area contributed by atoms with Gasteiger partial charge in [-0.1, -0.05) is 0 Å². The van der Waals surface area contributed by atoms with Crippen LogP contribution in [-0.4, -0.2) is 23.1 Å². The monoisotopic (exact) mass is 220 g/mol. The summed E-state index contributed by atoms with van der Waals surface area (Å²) in [6.07, 6.45) is 0. The molecule has 0 spiro atoms. The lowest BCUT2D eigenvalue weighted by atomic mass is 10.0. The Labute approximate surface area is 94.9 Å². The fourth-order valence-electron chi connectivity index (χ4n) is 1.87. The number of nitrogens with one attached hydrogen (secondary N) is 1. The molecule has 0 bridgehead atoms.